The number of aromatic nitrogens is 1. The maximum atomic E-state index is 12.3. The number of halogens is 1. The normalized spacial score (nSPS) is 10.2. The Morgan fingerprint density at radius 3 is 2.27 bits per heavy atom. The fraction of sp³-hybridized carbons (Fsp3) is 0.273. The lowest BCUT2D eigenvalue weighted by molar-refractivity contribution is -0.115. The number of hydrogen-bond acceptors (Lipinski definition) is 6. The lowest BCUT2D eigenvalue weighted by atomic mass is 10.1. The van der Waals surface area contributed by atoms with E-state index in [4.69, 9.17) is 19.7 Å². The number of carbonyl (C=O) groups excluding carboxylic acids is 1. The van der Waals surface area contributed by atoms with Crippen LogP contribution in [0.2, 0.25) is 0 Å². The lowest BCUT2D eigenvalue weighted by Crippen LogP contribution is -2.14. The second-order valence-corrected chi connectivity index (χ2v) is 6.62. The molecule has 0 unspecified atom stereocenters. The Labute approximate surface area is 181 Å². The van der Waals surface area contributed by atoms with Gasteiger partial charge in [-0.1, -0.05) is 17.3 Å². The molecule has 1 heterocycles. The van der Waals surface area contributed by atoms with Crippen LogP contribution in [0.3, 0.4) is 0 Å². The van der Waals surface area contributed by atoms with Crippen LogP contribution in [0.4, 0.5) is 5.69 Å². The molecule has 1 aromatic heterocycles. The maximum Gasteiger partial charge on any atom is 0.228 e. The van der Waals surface area contributed by atoms with Crippen LogP contribution < -0.4 is 20.5 Å². The molecule has 8 heteroatoms. The first-order chi connectivity index (χ1) is 14.0. The predicted molar refractivity (Wildman–Crippen MR) is 117 cm³/mol. The van der Waals surface area contributed by atoms with Crippen molar-refractivity contribution in [2.75, 3.05) is 18.5 Å². The molecule has 0 spiro atoms. The van der Waals surface area contributed by atoms with Crippen LogP contribution in [0.1, 0.15) is 22.6 Å². The third kappa shape index (κ3) is 6.50. The van der Waals surface area contributed by atoms with E-state index in [-0.39, 0.29) is 24.7 Å². The summed E-state index contributed by atoms with van der Waals surface area (Å²) in [6.07, 6.45) is 0.273. The zero-order valence-corrected chi connectivity index (χ0v) is 17.8. The van der Waals surface area contributed by atoms with Gasteiger partial charge in [0.15, 0.2) is 0 Å². The first kappa shape index (κ1) is 23.3. The number of aryl methyl sites for hydroxylation is 2. The largest absolute Gasteiger partial charge is 0.492 e. The van der Waals surface area contributed by atoms with E-state index >= 15 is 0 Å². The van der Waals surface area contributed by atoms with Gasteiger partial charge in [-0.25, -0.2) is 0 Å². The van der Waals surface area contributed by atoms with Crippen LogP contribution in [0.15, 0.2) is 53.1 Å². The topological polar surface area (TPSA) is 99.6 Å². The molecule has 160 valence electrons. The molecule has 1 amide bonds. The Kier molecular flexibility index (Phi) is 8.70. The average molecular weight is 432 g/mol. The van der Waals surface area contributed by atoms with Crippen molar-refractivity contribution in [3.05, 3.63) is 71.1 Å². The van der Waals surface area contributed by atoms with Crippen molar-refractivity contribution >= 4 is 24.0 Å². The molecule has 0 radical (unpaired) electrons. The summed E-state index contributed by atoms with van der Waals surface area (Å²) in [7, 11) is 0. The Hall–Kier alpha value is -3.03. The minimum Gasteiger partial charge on any atom is -0.492 e. The zero-order chi connectivity index (χ0) is 20.6. The second-order valence-electron chi connectivity index (χ2n) is 6.62. The molecule has 0 aliphatic heterocycles. The van der Waals surface area contributed by atoms with Crippen LogP contribution in [0.25, 0.3) is 0 Å². The van der Waals surface area contributed by atoms with Crippen LogP contribution in [0.5, 0.6) is 11.5 Å². The first-order valence-corrected chi connectivity index (χ1v) is 9.41. The van der Waals surface area contributed by atoms with E-state index in [2.05, 4.69) is 10.5 Å². The monoisotopic (exact) mass is 431 g/mol. The van der Waals surface area contributed by atoms with Gasteiger partial charge in [0.05, 0.1) is 17.7 Å². The Morgan fingerprint density at radius 2 is 1.67 bits per heavy atom. The highest BCUT2D eigenvalue weighted by Crippen LogP contribution is 2.19. The summed E-state index contributed by atoms with van der Waals surface area (Å²) in [5.41, 5.74) is 8.81. The van der Waals surface area contributed by atoms with E-state index in [1.54, 1.807) is 24.3 Å². The molecule has 3 aromatic rings. The van der Waals surface area contributed by atoms with E-state index in [1.807, 2.05) is 38.1 Å². The molecule has 7 nitrogen and oxygen atoms in total. The van der Waals surface area contributed by atoms with Gasteiger partial charge in [0.25, 0.3) is 0 Å². The number of ether oxygens (including phenoxy) is 2. The highest BCUT2D eigenvalue weighted by molar-refractivity contribution is 5.92. The highest BCUT2D eigenvalue weighted by Gasteiger charge is 2.10. The van der Waals surface area contributed by atoms with Gasteiger partial charge >= 0.3 is 0 Å². The van der Waals surface area contributed by atoms with Gasteiger partial charge in [0.1, 0.15) is 30.5 Å². The minimum atomic E-state index is -0.0926. The zero-order valence-electron chi connectivity index (χ0n) is 17.0. The van der Waals surface area contributed by atoms with Gasteiger partial charge in [-0.05, 0) is 55.8 Å². The molecule has 0 fully saturated rings. The number of nitrogens with one attached hydrogen (secondary N) is 1. The third-order valence-corrected chi connectivity index (χ3v) is 4.38. The van der Waals surface area contributed by atoms with Gasteiger partial charge in [-0.15, -0.1) is 12.4 Å². The first-order valence-electron chi connectivity index (χ1n) is 9.41. The van der Waals surface area contributed by atoms with Crippen molar-refractivity contribution in [3.63, 3.8) is 0 Å². The maximum absolute atomic E-state index is 12.3. The van der Waals surface area contributed by atoms with Crippen molar-refractivity contribution in [3.8, 4) is 11.5 Å². The summed E-state index contributed by atoms with van der Waals surface area (Å²) in [6, 6.07) is 14.7. The minimum absolute atomic E-state index is 0. The molecule has 0 aliphatic carbocycles. The SMILES string of the molecule is Cc1noc(C)c1COc1ccc(CC(=O)Nc2ccc(OCCN)cc2)cc1.Cl. The number of amides is 1. The number of carbonyl (C=O) groups is 1. The predicted octanol–water partition coefficient (Wildman–Crippen LogP) is 3.81. The van der Waals surface area contributed by atoms with E-state index in [1.165, 1.54) is 0 Å². The van der Waals surface area contributed by atoms with Gasteiger partial charge in [0, 0.05) is 12.2 Å². The summed E-state index contributed by atoms with van der Waals surface area (Å²) in [5, 5.41) is 6.79. The fourth-order valence-corrected chi connectivity index (χ4v) is 2.77. The number of anilines is 1. The van der Waals surface area contributed by atoms with E-state index < -0.39 is 0 Å². The standard InChI is InChI=1S/C22H25N3O4.ClH/c1-15-21(16(2)29-25-15)14-28-20-7-3-17(4-8-20)13-22(26)24-18-5-9-19(10-6-18)27-12-11-23;/h3-10H,11-14,23H2,1-2H3,(H,24,26);1H. The van der Waals surface area contributed by atoms with E-state index in [0.717, 1.165) is 39.8 Å². The molecular formula is C22H26ClN3O4. The van der Waals surface area contributed by atoms with Gasteiger partial charge < -0.3 is 25.0 Å². The molecule has 0 atom stereocenters. The molecule has 3 N–H and O–H groups in total. The molecule has 2 aromatic carbocycles. The van der Waals surface area contributed by atoms with Crippen molar-refractivity contribution in [2.24, 2.45) is 5.73 Å². The smallest absolute Gasteiger partial charge is 0.228 e. The van der Waals surface area contributed by atoms with Crippen LogP contribution >= 0.6 is 12.4 Å². The van der Waals surface area contributed by atoms with Crippen molar-refractivity contribution in [2.45, 2.75) is 26.9 Å². The lowest BCUT2D eigenvalue weighted by Gasteiger charge is -2.09. The van der Waals surface area contributed by atoms with E-state index in [9.17, 15) is 4.79 Å². The number of benzene rings is 2. The quantitative estimate of drug-likeness (QED) is 0.534. The number of hydrogen-bond donors (Lipinski definition) is 2. The molecule has 0 saturated heterocycles. The number of nitrogens with two attached hydrogens (primary N) is 1. The summed E-state index contributed by atoms with van der Waals surface area (Å²) in [4.78, 5) is 12.3. The fourth-order valence-electron chi connectivity index (χ4n) is 2.77. The summed E-state index contributed by atoms with van der Waals surface area (Å²) >= 11 is 0. The molecule has 3 rings (SSSR count). The highest BCUT2D eigenvalue weighted by atomic mass is 35.5. The molecule has 0 bridgehead atoms. The molecular weight excluding hydrogens is 406 g/mol. The van der Waals surface area contributed by atoms with Crippen LogP contribution in [-0.4, -0.2) is 24.2 Å². The summed E-state index contributed by atoms with van der Waals surface area (Å²) in [6.45, 7) is 5.07. The summed E-state index contributed by atoms with van der Waals surface area (Å²) < 4.78 is 16.3. The molecule has 0 aliphatic rings. The average Bonchev–Trinajstić information content (AvgIpc) is 3.04. The Morgan fingerprint density at radius 1 is 1.03 bits per heavy atom. The Balaban J connectivity index is 0.00000320. The summed E-state index contributed by atoms with van der Waals surface area (Å²) in [5.74, 6) is 2.11. The van der Waals surface area contributed by atoms with E-state index in [0.29, 0.717) is 19.8 Å². The van der Waals surface area contributed by atoms with Gasteiger partial charge in [-0.2, -0.15) is 0 Å². The van der Waals surface area contributed by atoms with Gasteiger partial charge in [0.2, 0.25) is 5.91 Å². The number of rotatable bonds is 9. The third-order valence-electron chi connectivity index (χ3n) is 4.38. The van der Waals surface area contributed by atoms with Crippen molar-refractivity contribution in [1.82, 2.24) is 5.16 Å². The molecule has 30 heavy (non-hydrogen) atoms. The van der Waals surface area contributed by atoms with Crippen LogP contribution in [-0.2, 0) is 17.8 Å². The molecule has 0 saturated carbocycles. The van der Waals surface area contributed by atoms with Gasteiger partial charge in [-0.3, -0.25) is 4.79 Å². The van der Waals surface area contributed by atoms with Crippen LogP contribution in [0, 0.1) is 13.8 Å². The second kappa shape index (κ2) is 11.2. The number of nitrogens with zero attached hydrogens (tertiary/aromatic N) is 1. The van der Waals surface area contributed by atoms with Crippen molar-refractivity contribution < 1.29 is 18.8 Å². The Bertz CT molecular complexity index is 921. The van der Waals surface area contributed by atoms with Crippen molar-refractivity contribution in [1.29, 1.82) is 0 Å².